The number of thioether (sulfide) groups is 1. The fourth-order valence-corrected chi connectivity index (χ4v) is 3.38. The van der Waals surface area contributed by atoms with Gasteiger partial charge in [-0.15, -0.1) is 11.8 Å². The number of carbonyl (C=O) groups excluding carboxylic acids is 1. The molecule has 0 radical (unpaired) electrons. The van der Waals surface area contributed by atoms with E-state index in [1.807, 2.05) is 35.2 Å². The molecule has 0 amide bonds. The first-order valence-corrected chi connectivity index (χ1v) is 7.11. The zero-order chi connectivity index (χ0) is 13.1. The second-order valence-corrected chi connectivity index (χ2v) is 5.66. The molecule has 2 unspecified atom stereocenters. The standard InChI is InChI=1S/C13H19N3OS/c1-10(2)16-12(8-17)15(9-18-13(16)14)11-6-4-3-5-7-11/h3-8,10,12-13H,9,14H2,1-2H3. The third-order valence-electron chi connectivity index (χ3n) is 3.11. The van der Waals surface area contributed by atoms with Crippen molar-refractivity contribution >= 4 is 23.7 Å². The Balaban J connectivity index is 2.29. The molecule has 0 aromatic heterocycles. The predicted octanol–water partition coefficient (Wildman–Crippen LogP) is 1.68. The molecule has 1 heterocycles. The number of nitrogens with zero attached hydrogens (tertiary/aromatic N) is 2. The average molecular weight is 265 g/mol. The van der Waals surface area contributed by atoms with E-state index < -0.39 is 0 Å². The first-order valence-electron chi connectivity index (χ1n) is 6.06. The SMILES string of the molecule is CC(C)N1C(N)SCN(c2ccccc2)C1C=O. The van der Waals surface area contributed by atoms with Crippen molar-refractivity contribution in [3.8, 4) is 0 Å². The van der Waals surface area contributed by atoms with E-state index in [1.165, 1.54) is 0 Å². The minimum absolute atomic E-state index is 0.125. The van der Waals surface area contributed by atoms with Crippen molar-refractivity contribution in [3.63, 3.8) is 0 Å². The second-order valence-electron chi connectivity index (χ2n) is 4.58. The quantitative estimate of drug-likeness (QED) is 0.843. The van der Waals surface area contributed by atoms with Crippen LogP contribution in [-0.4, -0.2) is 34.8 Å². The van der Waals surface area contributed by atoms with Gasteiger partial charge in [0, 0.05) is 11.7 Å². The van der Waals surface area contributed by atoms with E-state index in [-0.39, 0.29) is 17.7 Å². The highest BCUT2D eigenvalue weighted by Gasteiger charge is 2.35. The molecule has 1 saturated heterocycles. The fourth-order valence-electron chi connectivity index (χ4n) is 2.22. The summed E-state index contributed by atoms with van der Waals surface area (Å²) >= 11 is 1.65. The number of para-hydroxylation sites is 1. The van der Waals surface area contributed by atoms with Gasteiger partial charge >= 0.3 is 0 Å². The van der Waals surface area contributed by atoms with Crippen molar-refractivity contribution in [3.05, 3.63) is 30.3 Å². The van der Waals surface area contributed by atoms with Crippen LogP contribution in [0, 0.1) is 0 Å². The van der Waals surface area contributed by atoms with Crippen molar-refractivity contribution in [1.82, 2.24) is 4.90 Å². The monoisotopic (exact) mass is 265 g/mol. The summed E-state index contributed by atoms with van der Waals surface area (Å²) in [5.74, 6) is 0.734. The Morgan fingerprint density at radius 1 is 1.39 bits per heavy atom. The van der Waals surface area contributed by atoms with Crippen LogP contribution in [0.1, 0.15) is 13.8 Å². The van der Waals surface area contributed by atoms with Gasteiger partial charge in [0.25, 0.3) is 0 Å². The van der Waals surface area contributed by atoms with Gasteiger partial charge in [0.1, 0.15) is 11.7 Å². The van der Waals surface area contributed by atoms with Crippen molar-refractivity contribution in [2.45, 2.75) is 31.6 Å². The number of aldehydes is 1. The summed E-state index contributed by atoms with van der Waals surface area (Å²) in [7, 11) is 0. The number of hydrogen-bond acceptors (Lipinski definition) is 5. The molecule has 2 atom stereocenters. The summed E-state index contributed by atoms with van der Waals surface area (Å²) in [6, 6.07) is 10.2. The predicted molar refractivity (Wildman–Crippen MR) is 76.2 cm³/mol. The van der Waals surface area contributed by atoms with E-state index in [4.69, 9.17) is 5.73 Å². The van der Waals surface area contributed by atoms with Crippen LogP contribution < -0.4 is 10.6 Å². The Hall–Kier alpha value is -1.04. The van der Waals surface area contributed by atoms with Crippen LogP contribution in [-0.2, 0) is 4.79 Å². The average Bonchev–Trinajstić information content (AvgIpc) is 2.38. The van der Waals surface area contributed by atoms with Crippen molar-refractivity contribution in [2.75, 3.05) is 10.8 Å². The summed E-state index contributed by atoms with van der Waals surface area (Å²) in [6.45, 7) is 4.12. The smallest absolute Gasteiger partial charge is 0.157 e. The molecule has 98 valence electrons. The van der Waals surface area contributed by atoms with E-state index in [2.05, 4.69) is 18.7 Å². The van der Waals surface area contributed by atoms with E-state index in [9.17, 15) is 4.79 Å². The minimum atomic E-state index is -0.288. The maximum atomic E-state index is 11.5. The van der Waals surface area contributed by atoms with E-state index >= 15 is 0 Å². The molecule has 0 aliphatic carbocycles. The Bertz CT molecular complexity index is 398. The largest absolute Gasteiger partial charge is 0.340 e. The highest BCUT2D eigenvalue weighted by atomic mass is 32.2. The van der Waals surface area contributed by atoms with Gasteiger partial charge in [-0.2, -0.15) is 0 Å². The molecule has 5 heteroatoms. The zero-order valence-electron chi connectivity index (χ0n) is 10.7. The van der Waals surface area contributed by atoms with E-state index in [0.29, 0.717) is 0 Å². The molecule has 2 N–H and O–H groups in total. The first kappa shape index (κ1) is 13.4. The number of nitrogens with two attached hydrogens (primary N) is 1. The van der Waals surface area contributed by atoms with Gasteiger partial charge in [0.05, 0.1) is 5.88 Å². The van der Waals surface area contributed by atoms with Gasteiger partial charge in [-0.3, -0.25) is 9.69 Å². The Labute approximate surface area is 112 Å². The maximum Gasteiger partial charge on any atom is 0.157 e. The molecular formula is C13H19N3OS. The molecule has 0 spiro atoms. The summed E-state index contributed by atoms with van der Waals surface area (Å²) in [4.78, 5) is 15.6. The van der Waals surface area contributed by atoms with Crippen LogP contribution in [0.2, 0.25) is 0 Å². The number of benzene rings is 1. The molecule has 18 heavy (non-hydrogen) atoms. The van der Waals surface area contributed by atoms with Crippen molar-refractivity contribution in [2.24, 2.45) is 5.73 Å². The van der Waals surface area contributed by atoms with Crippen LogP contribution in [0.4, 0.5) is 5.69 Å². The van der Waals surface area contributed by atoms with Crippen LogP contribution in [0.3, 0.4) is 0 Å². The molecule has 1 aliphatic rings. The summed E-state index contributed by atoms with van der Waals surface area (Å²) in [5, 5.41) is 0. The highest BCUT2D eigenvalue weighted by molar-refractivity contribution is 7.99. The van der Waals surface area contributed by atoms with Gasteiger partial charge in [0.15, 0.2) is 6.29 Å². The third kappa shape index (κ3) is 2.53. The summed E-state index contributed by atoms with van der Waals surface area (Å²) in [6.07, 6.45) is 0.690. The van der Waals surface area contributed by atoms with Gasteiger partial charge in [-0.05, 0) is 26.0 Å². The van der Waals surface area contributed by atoms with Crippen molar-refractivity contribution < 1.29 is 4.79 Å². The van der Waals surface area contributed by atoms with Gasteiger partial charge in [0.2, 0.25) is 0 Å². The highest BCUT2D eigenvalue weighted by Crippen LogP contribution is 2.30. The zero-order valence-corrected chi connectivity index (χ0v) is 11.5. The molecule has 0 bridgehead atoms. The van der Waals surface area contributed by atoms with Crippen molar-refractivity contribution in [1.29, 1.82) is 0 Å². The van der Waals surface area contributed by atoms with E-state index in [1.54, 1.807) is 11.8 Å². The first-order chi connectivity index (χ1) is 8.65. The number of carbonyl (C=O) groups is 1. The molecule has 1 aromatic carbocycles. The van der Waals surface area contributed by atoms with Gasteiger partial charge in [-0.1, -0.05) is 18.2 Å². The molecule has 4 nitrogen and oxygen atoms in total. The lowest BCUT2D eigenvalue weighted by atomic mass is 10.2. The molecule has 0 saturated carbocycles. The lowest BCUT2D eigenvalue weighted by molar-refractivity contribution is -0.113. The fraction of sp³-hybridized carbons (Fsp3) is 0.462. The molecule has 2 rings (SSSR count). The lowest BCUT2D eigenvalue weighted by Gasteiger charge is -2.47. The molecular weight excluding hydrogens is 246 g/mol. The lowest BCUT2D eigenvalue weighted by Crippen LogP contribution is -2.61. The summed E-state index contributed by atoms with van der Waals surface area (Å²) in [5.41, 5.74) is 7.02. The van der Waals surface area contributed by atoms with Gasteiger partial charge < -0.3 is 10.6 Å². The van der Waals surface area contributed by atoms with Crippen LogP contribution in [0.15, 0.2) is 30.3 Å². The number of hydrogen-bond donors (Lipinski definition) is 1. The summed E-state index contributed by atoms with van der Waals surface area (Å²) < 4.78 is 0. The molecule has 1 aromatic rings. The van der Waals surface area contributed by atoms with E-state index in [0.717, 1.165) is 17.9 Å². The number of anilines is 1. The van der Waals surface area contributed by atoms with Crippen LogP contribution >= 0.6 is 11.8 Å². The van der Waals surface area contributed by atoms with Gasteiger partial charge in [-0.25, -0.2) is 0 Å². The third-order valence-corrected chi connectivity index (χ3v) is 4.12. The van der Waals surface area contributed by atoms with Crippen LogP contribution in [0.25, 0.3) is 0 Å². The molecule has 1 aliphatic heterocycles. The minimum Gasteiger partial charge on any atom is -0.340 e. The van der Waals surface area contributed by atoms with Crippen LogP contribution in [0.5, 0.6) is 0 Å². The topological polar surface area (TPSA) is 49.6 Å². The second kappa shape index (κ2) is 5.73. The maximum absolute atomic E-state index is 11.5. The molecule has 1 fully saturated rings. The Morgan fingerprint density at radius 2 is 2.06 bits per heavy atom. The Kier molecular flexibility index (Phi) is 4.27. The normalized spacial score (nSPS) is 25.4. The Morgan fingerprint density at radius 3 is 2.61 bits per heavy atom. The number of rotatable bonds is 3.